The number of nitrogens with zero attached hydrogens (tertiary/aromatic N) is 8. The third-order valence-corrected chi connectivity index (χ3v) is 5.71. The Hall–Kier alpha value is -4.92. The number of hydrogen-bond acceptors (Lipinski definition) is 8. The molecule has 0 saturated carbocycles. The molecule has 0 aliphatic carbocycles. The fourth-order valence-electron chi connectivity index (χ4n) is 3.96. The number of nitrogens with one attached hydrogen (secondary N) is 1. The molecule has 39 heavy (non-hydrogen) atoms. The quantitative estimate of drug-likeness (QED) is 0.158. The number of halogens is 2. The molecule has 0 bridgehead atoms. The summed E-state index contributed by atoms with van der Waals surface area (Å²) in [5.41, 5.74) is 9.08. The van der Waals surface area contributed by atoms with Crippen LogP contribution in [0.2, 0.25) is 0 Å². The van der Waals surface area contributed by atoms with Crippen molar-refractivity contribution in [2.24, 2.45) is 27.9 Å². The Balaban J connectivity index is 2.14. The molecule has 10 nitrogen and oxygen atoms in total. The number of fused-ring (bicyclic) bond motifs is 1. The predicted molar refractivity (Wildman–Crippen MR) is 152 cm³/mol. The molecule has 0 spiro atoms. The molecule has 0 amide bonds. The number of aliphatic imine (C=N–C) groups is 2. The molecule has 3 rings (SSSR count). The van der Waals surface area contributed by atoms with Crippen LogP contribution in [0.5, 0.6) is 0 Å². The van der Waals surface area contributed by atoms with E-state index < -0.39 is 12.2 Å². The second-order valence-corrected chi connectivity index (χ2v) is 8.43. The van der Waals surface area contributed by atoms with Gasteiger partial charge in [0, 0.05) is 25.8 Å². The first-order valence-corrected chi connectivity index (χ1v) is 12.0. The molecule has 0 aliphatic rings. The molecule has 202 valence electrons. The average molecular weight is 533 g/mol. The highest BCUT2D eigenvalue weighted by atomic mass is 19.3. The number of alkyl halides is 2. The van der Waals surface area contributed by atoms with Crippen molar-refractivity contribution in [3.05, 3.63) is 65.6 Å². The lowest BCUT2D eigenvalue weighted by atomic mass is 10.0. The summed E-state index contributed by atoms with van der Waals surface area (Å²) in [6, 6.07) is 9.37. The maximum Gasteiger partial charge on any atom is 0.295 e. The average Bonchev–Trinajstić information content (AvgIpc) is 3.25. The van der Waals surface area contributed by atoms with Gasteiger partial charge in [-0.25, -0.2) is 28.7 Å². The van der Waals surface area contributed by atoms with Gasteiger partial charge in [-0.2, -0.15) is 10.4 Å². The summed E-state index contributed by atoms with van der Waals surface area (Å²) >= 11 is 0. The summed E-state index contributed by atoms with van der Waals surface area (Å²) in [5, 5.41) is 19.0. The number of imidazole rings is 1. The van der Waals surface area contributed by atoms with Gasteiger partial charge in [-0.3, -0.25) is 5.01 Å². The summed E-state index contributed by atoms with van der Waals surface area (Å²) in [6.45, 7) is 7.80. The van der Waals surface area contributed by atoms with E-state index in [1.807, 2.05) is 38.2 Å². The number of hydrazone groups is 1. The van der Waals surface area contributed by atoms with Gasteiger partial charge >= 0.3 is 0 Å². The lowest BCUT2D eigenvalue weighted by Crippen LogP contribution is -2.14. The number of rotatable bonds is 10. The molecule has 0 saturated heterocycles. The molecule has 3 N–H and O–H groups in total. The molecule has 1 aromatic carbocycles. The molecule has 0 atom stereocenters. The van der Waals surface area contributed by atoms with Crippen LogP contribution in [0.15, 0.2) is 63.8 Å². The summed E-state index contributed by atoms with van der Waals surface area (Å²) < 4.78 is 28.7. The maximum absolute atomic E-state index is 13.7. The number of benzene rings is 1. The predicted octanol–water partition coefficient (Wildman–Crippen LogP) is 5.30. The van der Waals surface area contributed by atoms with E-state index in [-0.39, 0.29) is 22.7 Å². The Bertz CT molecular complexity index is 1510. The van der Waals surface area contributed by atoms with Crippen LogP contribution in [-0.4, -0.2) is 44.9 Å². The Morgan fingerprint density at radius 1 is 1.31 bits per heavy atom. The van der Waals surface area contributed by atoms with Gasteiger partial charge in [0.05, 0.1) is 12.2 Å². The molecule has 0 aliphatic heterocycles. The van der Waals surface area contributed by atoms with E-state index in [9.17, 15) is 14.0 Å². The molecule has 2 aromatic heterocycles. The topological polar surface area (TPSA) is 133 Å². The molecule has 0 radical (unpaired) electrons. The minimum Gasteiger partial charge on any atom is -0.405 e. The first-order chi connectivity index (χ1) is 18.7. The van der Waals surface area contributed by atoms with Crippen LogP contribution in [0.4, 0.5) is 26.0 Å². The standard InChI is InChI=1S/C27H30F2N10/c1-6-20-18(16-38(4)37-17(2)32-3)10-9-12-21(20)34-22-14-23(33-19(15-31)11-7-8-13-30)35-26-24(22)36-27(25(28)29)39(26)5/h7-14,25H,3,6,16,30H2,1-2,4-5H3,(H,34,35)/b11-7-,13-8+,33-19?,37-17-. The monoisotopic (exact) mass is 532 g/mol. The summed E-state index contributed by atoms with van der Waals surface area (Å²) in [5.74, 6) is 0.278. The zero-order valence-corrected chi connectivity index (χ0v) is 22.2. The van der Waals surface area contributed by atoms with Crippen LogP contribution in [0.25, 0.3) is 11.2 Å². The highest BCUT2D eigenvalue weighted by Crippen LogP contribution is 2.33. The van der Waals surface area contributed by atoms with E-state index in [0.717, 1.165) is 16.8 Å². The van der Waals surface area contributed by atoms with Crippen LogP contribution >= 0.6 is 0 Å². The normalized spacial score (nSPS) is 12.6. The highest BCUT2D eigenvalue weighted by Gasteiger charge is 2.21. The number of hydrogen-bond donors (Lipinski definition) is 2. The van der Waals surface area contributed by atoms with Crippen molar-refractivity contribution in [1.29, 1.82) is 5.26 Å². The first-order valence-electron chi connectivity index (χ1n) is 12.0. The van der Waals surface area contributed by atoms with Crippen molar-refractivity contribution in [3.63, 3.8) is 0 Å². The molecule has 2 heterocycles. The molecular weight excluding hydrogens is 502 g/mol. The van der Waals surface area contributed by atoms with Crippen LogP contribution in [0.1, 0.15) is 37.2 Å². The van der Waals surface area contributed by atoms with E-state index in [4.69, 9.17) is 5.73 Å². The van der Waals surface area contributed by atoms with Gasteiger partial charge in [0.2, 0.25) is 0 Å². The van der Waals surface area contributed by atoms with Gasteiger partial charge in [0.15, 0.2) is 17.3 Å². The van der Waals surface area contributed by atoms with Gasteiger partial charge < -0.3 is 15.6 Å². The number of allylic oxidation sites excluding steroid dienone is 3. The lowest BCUT2D eigenvalue weighted by molar-refractivity contribution is 0.137. The van der Waals surface area contributed by atoms with E-state index in [2.05, 4.69) is 37.1 Å². The smallest absolute Gasteiger partial charge is 0.295 e. The Labute approximate surface area is 225 Å². The number of aromatic nitrogens is 3. The fraction of sp³-hybridized carbons (Fsp3) is 0.259. The van der Waals surface area contributed by atoms with Crippen molar-refractivity contribution in [3.8, 4) is 6.07 Å². The van der Waals surface area contributed by atoms with Crippen LogP contribution < -0.4 is 11.1 Å². The third-order valence-electron chi connectivity index (χ3n) is 5.71. The van der Waals surface area contributed by atoms with Gasteiger partial charge in [-0.1, -0.05) is 25.1 Å². The highest BCUT2D eigenvalue weighted by molar-refractivity contribution is 6.08. The van der Waals surface area contributed by atoms with E-state index in [0.29, 0.717) is 24.5 Å². The SMILES string of the molecule is C=N/C(C)=N\N(C)Cc1cccc(Nc2cc(N=C(C#N)/C=C\C=C\N)nc3c2nc(C(F)F)n3C)c1CC. The van der Waals surface area contributed by atoms with E-state index in [1.165, 1.54) is 23.9 Å². The Kier molecular flexibility index (Phi) is 9.58. The third kappa shape index (κ3) is 6.89. The number of aryl methyl sites for hydroxylation is 1. The number of anilines is 2. The van der Waals surface area contributed by atoms with E-state index >= 15 is 0 Å². The second-order valence-electron chi connectivity index (χ2n) is 8.43. The van der Waals surface area contributed by atoms with Crippen molar-refractivity contribution < 1.29 is 8.78 Å². The van der Waals surface area contributed by atoms with Crippen molar-refractivity contribution in [2.45, 2.75) is 33.2 Å². The largest absolute Gasteiger partial charge is 0.405 e. The number of nitriles is 1. The molecular formula is C27H30F2N10. The molecule has 0 fully saturated rings. The molecule has 12 heteroatoms. The van der Waals surface area contributed by atoms with Crippen LogP contribution in [0.3, 0.4) is 0 Å². The summed E-state index contributed by atoms with van der Waals surface area (Å²) in [7, 11) is 3.31. The Morgan fingerprint density at radius 3 is 2.72 bits per heavy atom. The number of amidine groups is 1. The van der Waals surface area contributed by atoms with E-state index in [1.54, 1.807) is 30.2 Å². The van der Waals surface area contributed by atoms with Crippen LogP contribution in [0, 0.1) is 11.3 Å². The van der Waals surface area contributed by atoms with Crippen molar-refractivity contribution in [1.82, 2.24) is 19.5 Å². The summed E-state index contributed by atoms with van der Waals surface area (Å²) in [4.78, 5) is 16.7. The number of pyridine rings is 1. The van der Waals surface area contributed by atoms with Crippen LogP contribution in [-0.2, 0) is 20.0 Å². The molecule has 0 unspecified atom stereocenters. The zero-order chi connectivity index (χ0) is 28.5. The summed E-state index contributed by atoms with van der Waals surface area (Å²) in [6.07, 6.45) is 3.78. The molecule has 3 aromatic rings. The van der Waals surface area contributed by atoms with Crippen molar-refractivity contribution >= 4 is 46.6 Å². The number of nitrogens with two attached hydrogens (primary N) is 1. The van der Waals surface area contributed by atoms with Crippen molar-refractivity contribution in [2.75, 3.05) is 12.4 Å². The Morgan fingerprint density at radius 2 is 2.08 bits per heavy atom. The van der Waals surface area contributed by atoms with Gasteiger partial charge in [-0.15, -0.1) is 0 Å². The maximum atomic E-state index is 13.7. The van der Waals surface area contributed by atoms with Gasteiger partial charge in [0.1, 0.15) is 23.1 Å². The zero-order valence-electron chi connectivity index (χ0n) is 22.2. The minimum absolute atomic E-state index is 0.0614. The second kappa shape index (κ2) is 13.0. The first kappa shape index (κ1) is 28.6. The fourth-order valence-corrected chi connectivity index (χ4v) is 3.96. The lowest BCUT2D eigenvalue weighted by Gasteiger charge is -2.19. The van der Waals surface area contributed by atoms with Gasteiger partial charge in [0.25, 0.3) is 6.43 Å². The minimum atomic E-state index is -2.80. The van der Waals surface area contributed by atoms with Gasteiger partial charge in [-0.05, 0) is 55.6 Å².